The second-order valence-electron chi connectivity index (χ2n) is 4.72. The number of rotatable bonds is 4. The number of nitrogens with two attached hydrogens (primary N) is 1. The lowest BCUT2D eigenvalue weighted by atomic mass is 9.88. The van der Waals surface area contributed by atoms with Gasteiger partial charge in [-0.25, -0.2) is 0 Å². The van der Waals surface area contributed by atoms with Gasteiger partial charge in [-0.2, -0.15) is 0 Å². The van der Waals surface area contributed by atoms with E-state index in [0.29, 0.717) is 11.6 Å². The van der Waals surface area contributed by atoms with Crippen LogP contribution in [0.3, 0.4) is 0 Å². The Balaban J connectivity index is 2.35. The first-order chi connectivity index (χ1) is 9.13. The summed E-state index contributed by atoms with van der Waals surface area (Å²) >= 11 is 6.19. The molecule has 0 aromatic heterocycles. The number of aliphatic hydroxyl groups is 1. The van der Waals surface area contributed by atoms with Crippen LogP contribution in [0.25, 0.3) is 0 Å². The molecular weight excluding hydrogens is 258 g/mol. The summed E-state index contributed by atoms with van der Waals surface area (Å²) in [6, 6.07) is 15.4. The minimum Gasteiger partial charge on any atom is -0.388 e. The van der Waals surface area contributed by atoms with Crippen LogP contribution in [0.4, 0.5) is 0 Å². The molecule has 0 amide bonds. The zero-order valence-corrected chi connectivity index (χ0v) is 11.6. The monoisotopic (exact) mass is 275 g/mol. The third kappa shape index (κ3) is 3.16. The highest BCUT2D eigenvalue weighted by Crippen LogP contribution is 2.34. The van der Waals surface area contributed by atoms with Crippen molar-refractivity contribution >= 4 is 11.6 Å². The molecule has 0 bridgehead atoms. The fourth-order valence-corrected chi connectivity index (χ4v) is 2.56. The molecule has 2 aromatic rings. The van der Waals surface area contributed by atoms with E-state index in [0.717, 1.165) is 16.7 Å². The summed E-state index contributed by atoms with van der Waals surface area (Å²) in [4.78, 5) is 0. The van der Waals surface area contributed by atoms with Crippen LogP contribution < -0.4 is 5.73 Å². The maximum atomic E-state index is 10.5. The first kappa shape index (κ1) is 14.1. The molecule has 2 nitrogen and oxygen atoms in total. The van der Waals surface area contributed by atoms with Crippen molar-refractivity contribution in [2.75, 3.05) is 6.54 Å². The van der Waals surface area contributed by atoms with Crippen LogP contribution in [0, 0.1) is 6.92 Å². The summed E-state index contributed by atoms with van der Waals surface area (Å²) in [5.41, 5.74) is 8.71. The van der Waals surface area contributed by atoms with Crippen molar-refractivity contribution < 1.29 is 5.11 Å². The predicted octanol–water partition coefficient (Wildman–Crippen LogP) is 3.42. The molecule has 3 N–H and O–H groups in total. The van der Waals surface area contributed by atoms with E-state index in [1.54, 1.807) is 0 Å². The van der Waals surface area contributed by atoms with Crippen LogP contribution >= 0.6 is 11.6 Å². The Morgan fingerprint density at radius 2 is 1.89 bits per heavy atom. The number of hydrogen-bond donors (Lipinski definition) is 2. The first-order valence-corrected chi connectivity index (χ1v) is 6.70. The molecule has 100 valence electrons. The molecule has 19 heavy (non-hydrogen) atoms. The lowest BCUT2D eigenvalue weighted by Gasteiger charge is -2.23. The molecule has 2 aromatic carbocycles. The summed E-state index contributed by atoms with van der Waals surface area (Å²) in [5.74, 6) is -0.199. The number of hydrogen-bond acceptors (Lipinski definition) is 2. The topological polar surface area (TPSA) is 46.2 Å². The molecule has 0 aliphatic carbocycles. The first-order valence-electron chi connectivity index (χ1n) is 6.32. The standard InChI is InChI=1S/C16H18ClNO/c1-11-5-4-6-12(9-11)16(19)14(10-18)13-7-2-3-8-15(13)17/h2-9,14,16,19H,10,18H2,1H3. The van der Waals surface area contributed by atoms with Gasteiger partial charge in [-0.3, -0.25) is 0 Å². The lowest BCUT2D eigenvalue weighted by molar-refractivity contribution is 0.147. The van der Waals surface area contributed by atoms with Gasteiger partial charge in [0.1, 0.15) is 0 Å². The largest absolute Gasteiger partial charge is 0.388 e. The van der Waals surface area contributed by atoms with E-state index in [9.17, 15) is 5.11 Å². The van der Waals surface area contributed by atoms with Crippen LogP contribution in [-0.4, -0.2) is 11.7 Å². The molecule has 0 aliphatic heterocycles. The summed E-state index contributed by atoms with van der Waals surface area (Å²) < 4.78 is 0. The summed E-state index contributed by atoms with van der Waals surface area (Å²) in [5, 5.41) is 11.2. The smallest absolute Gasteiger partial charge is 0.0871 e. The fourth-order valence-electron chi connectivity index (χ4n) is 2.29. The van der Waals surface area contributed by atoms with Crippen molar-refractivity contribution in [3.05, 3.63) is 70.2 Å². The van der Waals surface area contributed by atoms with Crippen molar-refractivity contribution in [3.63, 3.8) is 0 Å². The van der Waals surface area contributed by atoms with Crippen LogP contribution in [-0.2, 0) is 0 Å². The lowest BCUT2D eigenvalue weighted by Crippen LogP contribution is -2.20. The Kier molecular flexibility index (Phi) is 4.59. The number of aliphatic hydroxyl groups excluding tert-OH is 1. The zero-order valence-electron chi connectivity index (χ0n) is 10.9. The minimum atomic E-state index is -0.648. The Bertz CT molecular complexity index is 556. The molecule has 0 spiro atoms. The second kappa shape index (κ2) is 6.20. The van der Waals surface area contributed by atoms with E-state index in [1.807, 2.05) is 55.5 Å². The molecule has 3 heteroatoms. The zero-order chi connectivity index (χ0) is 13.8. The van der Waals surface area contributed by atoms with Gasteiger partial charge in [0.25, 0.3) is 0 Å². The Labute approximate surface area is 118 Å². The van der Waals surface area contributed by atoms with Crippen LogP contribution in [0.15, 0.2) is 48.5 Å². The average Bonchev–Trinajstić information content (AvgIpc) is 2.41. The SMILES string of the molecule is Cc1cccc(C(O)C(CN)c2ccccc2Cl)c1. The predicted molar refractivity (Wildman–Crippen MR) is 79.4 cm³/mol. The van der Waals surface area contributed by atoms with E-state index in [2.05, 4.69) is 0 Å². The van der Waals surface area contributed by atoms with E-state index in [4.69, 9.17) is 17.3 Å². The Morgan fingerprint density at radius 1 is 1.16 bits per heavy atom. The van der Waals surface area contributed by atoms with Gasteiger partial charge in [-0.05, 0) is 24.1 Å². The summed E-state index contributed by atoms with van der Waals surface area (Å²) in [7, 11) is 0. The molecule has 2 atom stereocenters. The van der Waals surface area contributed by atoms with Gasteiger partial charge in [-0.15, -0.1) is 0 Å². The van der Waals surface area contributed by atoms with Crippen molar-refractivity contribution in [2.24, 2.45) is 5.73 Å². The normalized spacial score (nSPS) is 14.1. The molecule has 0 saturated heterocycles. The van der Waals surface area contributed by atoms with Crippen LogP contribution in [0.5, 0.6) is 0 Å². The highest BCUT2D eigenvalue weighted by Gasteiger charge is 2.23. The van der Waals surface area contributed by atoms with Crippen LogP contribution in [0.2, 0.25) is 5.02 Å². The van der Waals surface area contributed by atoms with Gasteiger partial charge in [0.15, 0.2) is 0 Å². The number of aryl methyl sites for hydroxylation is 1. The van der Waals surface area contributed by atoms with Gasteiger partial charge in [0, 0.05) is 17.5 Å². The van der Waals surface area contributed by atoms with Gasteiger partial charge in [-0.1, -0.05) is 59.6 Å². The van der Waals surface area contributed by atoms with E-state index in [1.165, 1.54) is 0 Å². The maximum Gasteiger partial charge on any atom is 0.0871 e. The number of benzene rings is 2. The van der Waals surface area contributed by atoms with Crippen molar-refractivity contribution in [1.29, 1.82) is 0 Å². The molecule has 0 radical (unpaired) electrons. The van der Waals surface area contributed by atoms with Crippen molar-refractivity contribution in [1.82, 2.24) is 0 Å². The maximum absolute atomic E-state index is 10.5. The second-order valence-corrected chi connectivity index (χ2v) is 5.13. The van der Waals surface area contributed by atoms with Crippen molar-refractivity contribution in [3.8, 4) is 0 Å². The summed E-state index contributed by atoms with van der Waals surface area (Å²) in [6.07, 6.45) is -0.648. The Morgan fingerprint density at radius 3 is 2.53 bits per heavy atom. The third-order valence-electron chi connectivity index (χ3n) is 3.32. The number of halogens is 1. The van der Waals surface area contributed by atoms with E-state index >= 15 is 0 Å². The summed E-state index contributed by atoms with van der Waals surface area (Å²) in [6.45, 7) is 2.35. The average molecular weight is 276 g/mol. The highest BCUT2D eigenvalue weighted by molar-refractivity contribution is 6.31. The fraction of sp³-hybridized carbons (Fsp3) is 0.250. The van der Waals surface area contributed by atoms with Gasteiger partial charge in [0.2, 0.25) is 0 Å². The molecular formula is C16H18ClNO. The minimum absolute atomic E-state index is 0.199. The molecule has 0 aliphatic rings. The van der Waals surface area contributed by atoms with E-state index < -0.39 is 6.10 Å². The molecule has 0 fully saturated rings. The molecule has 0 heterocycles. The van der Waals surface area contributed by atoms with Gasteiger partial charge in [0.05, 0.1) is 6.10 Å². The molecule has 2 unspecified atom stereocenters. The third-order valence-corrected chi connectivity index (χ3v) is 3.67. The van der Waals surface area contributed by atoms with E-state index in [-0.39, 0.29) is 5.92 Å². The van der Waals surface area contributed by atoms with Crippen LogP contribution in [0.1, 0.15) is 28.7 Å². The molecule has 2 rings (SSSR count). The highest BCUT2D eigenvalue weighted by atomic mass is 35.5. The molecule has 0 saturated carbocycles. The quantitative estimate of drug-likeness (QED) is 0.898. The van der Waals surface area contributed by atoms with Gasteiger partial charge < -0.3 is 10.8 Å². The van der Waals surface area contributed by atoms with Gasteiger partial charge >= 0.3 is 0 Å². The van der Waals surface area contributed by atoms with Crippen molar-refractivity contribution in [2.45, 2.75) is 18.9 Å². The Hall–Kier alpha value is -1.35.